The predicted octanol–water partition coefficient (Wildman–Crippen LogP) is 0.556. The van der Waals surface area contributed by atoms with Gasteiger partial charge in [0.1, 0.15) is 18.3 Å². The van der Waals surface area contributed by atoms with E-state index in [1.807, 2.05) is 0 Å². The van der Waals surface area contributed by atoms with Gasteiger partial charge in [-0.3, -0.25) is 0 Å². The van der Waals surface area contributed by atoms with Crippen molar-refractivity contribution in [1.29, 1.82) is 0 Å². The van der Waals surface area contributed by atoms with Crippen LogP contribution in [0.25, 0.3) is 0 Å². The Balaban J connectivity index is 1.90. The lowest BCUT2D eigenvalue weighted by Crippen LogP contribution is -2.57. The van der Waals surface area contributed by atoms with Gasteiger partial charge in [-0.25, -0.2) is 4.79 Å². The van der Waals surface area contributed by atoms with E-state index in [4.69, 9.17) is 28.4 Å². The van der Waals surface area contributed by atoms with Gasteiger partial charge in [-0.1, -0.05) is 0 Å². The number of hydrogen-bond donors (Lipinski definition) is 0. The van der Waals surface area contributed by atoms with Crippen molar-refractivity contribution < 1.29 is 33.2 Å². The molecule has 3 aliphatic rings. The largest absolute Gasteiger partial charge is 0.467 e. The first-order valence-corrected chi connectivity index (χ1v) is 6.67. The molecule has 3 rings (SSSR count). The predicted molar refractivity (Wildman–Crippen MR) is 64.5 cm³/mol. The van der Waals surface area contributed by atoms with Crippen LogP contribution in [0.4, 0.5) is 0 Å². The molecule has 0 radical (unpaired) electrons. The highest BCUT2D eigenvalue weighted by Gasteiger charge is 2.62. The van der Waals surface area contributed by atoms with E-state index in [-0.39, 0.29) is 0 Å². The normalized spacial score (nSPS) is 44.8. The first kappa shape index (κ1) is 14.2. The number of hydrogen-bond acceptors (Lipinski definition) is 7. The SMILES string of the molecule is COC(=O)[C@@H]1O[C@H]2OC(C)(C)O[C@H]2[C@@H]2OC(C)(C)O[C@@H]21. The van der Waals surface area contributed by atoms with E-state index in [1.54, 1.807) is 27.7 Å². The molecule has 0 aromatic carbocycles. The van der Waals surface area contributed by atoms with Gasteiger partial charge in [0.05, 0.1) is 7.11 Å². The number of esters is 1. The molecule has 0 bridgehead atoms. The Hall–Kier alpha value is -0.730. The lowest BCUT2D eigenvalue weighted by Gasteiger charge is -2.35. The highest BCUT2D eigenvalue weighted by atomic mass is 16.9. The van der Waals surface area contributed by atoms with Crippen molar-refractivity contribution in [2.75, 3.05) is 7.11 Å². The molecule has 5 atom stereocenters. The lowest BCUT2D eigenvalue weighted by molar-refractivity contribution is -0.238. The fourth-order valence-electron chi connectivity index (χ4n) is 2.92. The van der Waals surface area contributed by atoms with Crippen LogP contribution in [0, 0.1) is 0 Å². The maximum Gasteiger partial charge on any atom is 0.337 e. The third-order valence-corrected chi connectivity index (χ3v) is 3.59. The van der Waals surface area contributed by atoms with Crippen LogP contribution in [0.3, 0.4) is 0 Å². The van der Waals surface area contributed by atoms with Gasteiger partial charge in [-0.15, -0.1) is 0 Å². The summed E-state index contributed by atoms with van der Waals surface area (Å²) in [5.41, 5.74) is 0. The third-order valence-electron chi connectivity index (χ3n) is 3.59. The van der Waals surface area contributed by atoms with Crippen LogP contribution < -0.4 is 0 Å². The van der Waals surface area contributed by atoms with Crippen LogP contribution in [0.2, 0.25) is 0 Å². The first-order chi connectivity index (χ1) is 9.22. The molecule has 3 saturated heterocycles. The van der Waals surface area contributed by atoms with Crippen LogP contribution >= 0.6 is 0 Å². The fraction of sp³-hybridized carbons (Fsp3) is 0.923. The van der Waals surface area contributed by atoms with Gasteiger partial charge in [0.15, 0.2) is 24.0 Å². The summed E-state index contributed by atoms with van der Waals surface area (Å²) in [6, 6.07) is 0. The Morgan fingerprint density at radius 2 is 1.45 bits per heavy atom. The maximum absolute atomic E-state index is 11.9. The van der Waals surface area contributed by atoms with E-state index in [0.717, 1.165) is 0 Å². The molecule has 0 aliphatic carbocycles. The Kier molecular flexibility index (Phi) is 3.11. The standard InChI is InChI=1S/C13H20O7/c1-12(2)17-6-7(18-12)9-11(20-13(3,4)19-9)16-8(6)10(14)15-5/h6-9,11H,1-5H3/t6-,7+,8+,9-,11-/m0/s1. The van der Waals surface area contributed by atoms with E-state index in [9.17, 15) is 4.79 Å². The second kappa shape index (κ2) is 4.38. The van der Waals surface area contributed by atoms with Gasteiger partial charge >= 0.3 is 5.97 Å². The minimum atomic E-state index is -0.884. The van der Waals surface area contributed by atoms with Crippen molar-refractivity contribution in [2.45, 2.75) is 70.0 Å². The molecule has 3 aliphatic heterocycles. The highest BCUT2D eigenvalue weighted by Crippen LogP contribution is 2.44. The molecule has 0 unspecified atom stereocenters. The first-order valence-electron chi connectivity index (χ1n) is 6.67. The molecule has 3 heterocycles. The van der Waals surface area contributed by atoms with Crippen LogP contribution in [-0.4, -0.2) is 55.4 Å². The van der Waals surface area contributed by atoms with E-state index in [1.165, 1.54) is 7.11 Å². The summed E-state index contributed by atoms with van der Waals surface area (Å²) in [5.74, 6) is -2.11. The number of carbonyl (C=O) groups is 1. The Morgan fingerprint density at radius 3 is 2.10 bits per heavy atom. The molecule has 7 heteroatoms. The zero-order valence-electron chi connectivity index (χ0n) is 12.2. The zero-order chi connectivity index (χ0) is 14.7. The Labute approximate surface area is 117 Å². The smallest absolute Gasteiger partial charge is 0.337 e. The molecule has 114 valence electrons. The molecule has 0 aromatic heterocycles. The summed E-state index contributed by atoms with van der Waals surface area (Å²) in [6.07, 6.45) is -3.00. The molecule has 0 amide bonds. The monoisotopic (exact) mass is 288 g/mol. The number of ether oxygens (including phenoxy) is 6. The average Bonchev–Trinajstić information content (AvgIpc) is 2.81. The molecule has 0 spiro atoms. The summed E-state index contributed by atoms with van der Waals surface area (Å²) < 4.78 is 33.6. The lowest BCUT2D eigenvalue weighted by atomic mass is 9.99. The summed E-state index contributed by atoms with van der Waals surface area (Å²) >= 11 is 0. The zero-order valence-corrected chi connectivity index (χ0v) is 12.2. The summed E-state index contributed by atoms with van der Waals surface area (Å²) in [7, 11) is 1.31. The quantitative estimate of drug-likeness (QED) is 0.653. The van der Waals surface area contributed by atoms with Crippen molar-refractivity contribution >= 4 is 5.97 Å². The average molecular weight is 288 g/mol. The van der Waals surface area contributed by atoms with Crippen LogP contribution in [-0.2, 0) is 33.2 Å². The van der Waals surface area contributed by atoms with Crippen LogP contribution in [0.15, 0.2) is 0 Å². The van der Waals surface area contributed by atoms with Gasteiger partial charge in [-0.2, -0.15) is 0 Å². The van der Waals surface area contributed by atoms with Gasteiger partial charge in [0.25, 0.3) is 0 Å². The van der Waals surface area contributed by atoms with E-state index in [2.05, 4.69) is 0 Å². The van der Waals surface area contributed by atoms with Gasteiger partial charge in [0.2, 0.25) is 0 Å². The minimum Gasteiger partial charge on any atom is -0.467 e. The molecule has 0 N–H and O–H groups in total. The number of fused-ring (bicyclic) bond motifs is 3. The van der Waals surface area contributed by atoms with E-state index in [0.29, 0.717) is 0 Å². The minimum absolute atomic E-state index is 0.433. The van der Waals surface area contributed by atoms with Crippen LogP contribution in [0.5, 0.6) is 0 Å². The topological polar surface area (TPSA) is 72.5 Å². The second-order valence-electron chi connectivity index (χ2n) is 6.11. The van der Waals surface area contributed by atoms with Crippen molar-refractivity contribution in [2.24, 2.45) is 0 Å². The number of methoxy groups -OCH3 is 1. The number of rotatable bonds is 1. The van der Waals surface area contributed by atoms with Crippen molar-refractivity contribution in [3.63, 3.8) is 0 Å². The summed E-state index contributed by atoms with van der Waals surface area (Å²) in [4.78, 5) is 11.9. The van der Waals surface area contributed by atoms with E-state index < -0.39 is 48.2 Å². The fourth-order valence-corrected chi connectivity index (χ4v) is 2.92. The highest BCUT2D eigenvalue weighted by molar-refractivity contribution is 5.75. The van der Waals surface area contributed by atoms with Crippen molar-refractivity contribution in [3.05, 3.63) is 0 Å². The van der Waals surface area contributed by atoms with Gasteiger partial charge in [0, 0.05) is 0 Å². The number of carbonyl (C=O) groups excluding carboxylic acids is 1. The molecular weight excluding hydrogens is 268 g/mol. The summed E-state index contributed by atoms with van der Waals surface area (Å²) in [5, 5.41) is 0. The molecular formula is C13H20O7. The molecule has 0 aromatic rings. The Morgan fingerprint density at radius 1 is 0.900 bits per heavy atom. The molecule has 20 heavy (non-hydrogen) atoms. The van der Waals surface area contributed by atoms with Crippen molar-refractivity contribution in [1.82, 2.24) is 0 Å². The molecule has 0 saturated carbocycles. The van der Waals surface area contributed by atoms with Crippen molar-refractivity contribution in [3.8, 4) is 0 Å². The maximum atomic E-state index is 11.9. The third kappa shape index (κ3) is 2.23. The Bertz CT molecular complexity index is 419. The van der Waals surface area contributed by atoms with Crippen LogP contribution in [0.1, 0.15) is 27.7 Å². The second-order valence-corrected chi connectivity index (χ2v) is 6.11. The van der Waals surface area contributed by atoms with E-state index >= 15 is 0 Å². The summed E-state index contributed by atoms with van der Waals surface area (Å²) in [6.45, 7) is 7.15. The molecule has 3 fully saturated rings. The van der Waals surface area contributed by atoms with Gasteiger partial charge in [-0.05, 0) is 27.7 Å². The van der Waals surface area contributed by atoms with Gasteiger partial charge < -0.3 is 28.4 Å². The molecule has 7 nitrogen and oxygen atoms in total.